The zero-order valence-corrected chi connectivity index (χ0v) is 22.0. The number of hydrogen-bond donors (Lipinski definition) is 0. The molecule has 7 aromatic carbocycles. The average molecular weight is 507 g/mol. The summed E-state index contributed by atoms with van der Waals surface area (Å²) in [5.41, 5.74) is 12.9. The standard InChI is InChI=1S/C40H26/c1-4-13-27(14-5-1)23-24-28-25-26-35-38-31(28)21-12-22-34(38)39-36(29-15-6-2-7-16-29)32-19-10-11-20-33(32)37(40(35)39)30-17-8-3-9-18-30/h1-26H/b24-23+. The fourth-order valence-corrected chi connectivity index (χ4v) is 6.53. The van der Waals surface area contributed by atoms with Crippen molar-refractivity contribution in [1.82, 2.24) is 0 Å². The molecule has 8 rings (SSSR count). The van der Waals surface area contributed by atoms with Gasteiger partial charge in [-0.1, -0.05) is 158 Å². The Bertz CT molecular complexity index is 1970. The average Bonchev–Trinajstić information content (AvgIpc) is 3.36. The molecule has 40 heavy (non-hydrogen) atoms. The molecule has 1 aliphatic carbocycles. The van der Waals surface area contributed by atoms with Gasteiger partial charge in [0.05, 0.1) is 0 Å². The van der Waals surface area contributed by atoms with Crippen molar-refractivity contribution in [2.75, 3.05) is 0 Å². The Morgan fingerprint density at radius 3 is 1.43 bits per heavy atom. The Hall–Kier alpha value is -5.20. The van der Waals surface area contributed by atoms with Gasteiger partial charge in [0.1, 0.15) is 0 Å². The summed E-state index contributed by atoms with van der Waals surface area (Å²) in [6.45, 7) is 0. The van der Waals surface area contributed by atoms with Gasteiger partial charge in [-0.05, 0) is 77.2 Å². The Balaban J connectivity index is 1.50. The van der Waals surface area contributed by atoms with E-state index < -0.39 is 0 Å². The molecule has 0 unspecified atom stereocenters. The topological polar surface area (TPSA) is 0 Å². The summed E-state index contributed by atoms with van der Waals surface area (Å²) in [6.07, 6.45) is 4.47. The van der Waals surface area contributed by atoms with Gasteiger partial charge in [-0.15, -0.1) is 0 Å². The number of rotatable bonds is 4. The molecule has 7 aromatic rings. The molecule has 0 heterocycles. The lowest BCUT2D eigenvalue weighted by molar-refractivity contribution is 1.62. The monoisotopic (exact) mass is 506 g/mol. The highest BCUT2D eigenvalue weighted by Crippen LogP contribution is 2.57. The maximum Gasteiger partial charge on any atom is -0.000741 e. The molecule has 0 saturated carbocycles. The van der Waals surface area contributed by atoms with E-state index in [2.05, 4.69) is 158 Å². The van der Waals surface area contributed by atoms with Crippen molar-refractivity contribution < 1.29 is 0 Å². The van der Waals surface area contributed by atoms with Gasteiger partial charge in [-0.3, -0.25) is 0 Å². The van der Waals surface area contributed by atoms with Crippen LogP contribution in [0.1, 0.15) is 11.1 Å². The maximum absolute atomic E-state index is 2.35. The third-order valence-electron chi connectivity index (χ3n) is 8.21. The second-order valence-corrected chi connectivity index (χ2v) is 10.5. The van der Waals surface area contributed by atoms with Crippen LogP contribution in [0, 0.1) is 0 Å². The van der Waals surface area contributed by atoms with Crippen molar-refractivity contribution in [3.05, 3.63) is 157 Å². The smallest absolute Gasteiger partial charge is 0.000741 e. The molecule has 0 spiro atoms. The first-order valence-corrected chi connectivity index (χ1v) is 13.9. The van der Waals surface area contributed by atoms with Crippen LogP contribution in [0.4, 0.5) is 0 Å². The van der Waals surface area contributed by atoms with E-state index in [1.54, 1.807) is 0 Å². The van der Waals surface area contributed by atoms with E-state index in [-0.39, 0.29) is 0 Å². The Morgan fingerprint density at radius 2 is 0.825 bits per heavy atom. The molecule has 0 radical (unpaired) electrons. The molecular formula is C40H26. The van der Waals surface area contributed by atoms with E-state index in [0.29, 0.717) is 0 Å². The summed E-state index contributed by atoms with van der Waals surface area (Å²) in [5, 5.41) is 5.22. The summed E-state index contributed by atoms with van der Waals surface area (Å²) >= 11 is 0. The van der Waals surface area contributed by atoms with E-state index in [9.17, 15) is 0 Å². The zero-order valence-electron chi connectivity index (χ0n) is 22.0. The van der Waals surface area contributed by atoms with E-state index in [0.717, 1.165) is 0 Å². The van der Waals surface area contributed by atoms with Gasteiger partial charge in [0, 0.05) is 0 Å². The van der Waals surface area contributed by atoms with Crippen molar-refractivity contribution in [1.29, 1.82) is 0 Å². The van der Waals surface area contributed by atoms with Crippen LogP contribution in [0.2, 0.25) is 0 Å². The van der Waals surface area contributed by atoms with Crippen LogP contribution in [0.25, 0.3) is 78.2 Å². The molecule has 0 saturated heterocycles. The van der Waals surface area contributed by atoms with Gasteiger partial charge in [-0.2, -0.15) is 0 Å². The number of benzene rings is 7. The third kappa shape index (κ3) is 3.47. The number of hydrogen-bond acceptors (Lipinski definition) is 0. The van der Waals surface area contributed by atoms with E-state index >= 15 is 0 Å². The molecule has 186 valence electrons. The molecule has 1 aliphatic rings. The summed E-state index contributed by atoms with van der Waals surface area (Å²) in [6, 6.07) is 52.7. The Labute approximate surface area is 234 Å². The van der Waals surface area contributed by atoms with Crippen molar-refractivity contribution in [3.63, 3.8) is 0 Å². The highest BCUT2D eigenvalue weighted by atomic mass is 14.3. The molecule has 0 fully saturated rings. The fourth-order valence-electron chi connectivity index (χ4n) is 6.53. The molecule has 0 N–H and O–H groups in total. The molecule has 0 heteroatoms. The Morgan fingerprint density at radius 1 is 0.325 bits per heavy atom. The first-order valence-electron chi connectivity index (χ1n) is 13.9. The minimum atomic E-state index is 1.21. The van der Waals surface area contributed by atoms with Crippen LogP contribution in [0.5, 0.6) is 0 Å². The van der Waals surface area contributed by atoms with Gasteiger partial charge >= 0.3 is 0 Å². The summed E-state index contributed by atoms with van der Waals surface area (Å²) in [7, 11) is 0. The van der Waals surface area contributed by atoms with Gasteiger partial charge in [0.25, 0.3) is 0 Å². The van der Waals surface area contributed by atoms with Crippen LogP contribution in [-0.4, -0.2) is 0 Å². The predicted molar refractivity (Wildman–Crippen MR) is 172 cm³/mol. The van der Waals surface area contributed by atoms with Crippen LogP contribution in [0.15, 0.2) is 146 Å². The molecule has 0 nitrogen and oxygen atoms in total. The van der Waals surface area contributed by atoms with E-state index in [1.165, 1.54) is 77.2 Å². The van der Waals surface area contributed by atoms with E-state index in [1.807, 2.05) is 0 Å². The maximum atomic E-state index is 2.35. The minimum absolute atomic E-state index is 1.21. The first kappa shape index (κ1) is 22.8. The highest BCUT2D eigenvalue weighted by Gasteiger charge is 2.30. The predicted octanol–water partition coefficient (Wildman–Crippen LogP) is 11.1. The van der Waals surface area contributed by atoms with Crippen molar-refractivity contribution in [2.24, 2.45) is 0 Å². The largest absolute Gasteiger partial charge is 0.0622 e. The lowest BCUT2D eigenvalue weighted by Gasteiger charge is -2.20. The van der Waals surface area contributed by atoms with Crippen molar-refractivity contribution in [3.8, 4) is 44.5 Å². The summed E-state index contributed by atoms with van der Waals surface area (Å²) in [5.74, 6) is 0. The Kier molecular flexibility index (Phi) is 5.24. The quantitative estimate of drug-likeness (QED) is 0.208. The fraction of sp³-hybridized carbons (Fsp3) is 0. The molecule has 0 amide bonds. The van der Waals surface area contributed by atoms with Crippen molar-refractivity contribution in [2.45, 2.75) is 0 Å². The lowest BCUT2D eigenvalue weighted by atomic mass is 9.82. The molecular weight excluding hydrogens is 480 g/mol. The zero-order chi connectivity index (χ0) is 26.5. The van der Waals surface area contributed by atoms with Crippen LogP contribution >= 0.6 is 0 Å². The van der Waals surface area contributed by atoms with Crippen LogP contribution in [-0.2, 0) is 0 Å². The molecule has 0 aliphatic heterocycles. The summed E-state index contributed by atoms with van der Waals surface area (Å²) < 4.78 is 0. The highest BCUT2D eigenvalue weighted by molar-refractivity contribution is 6.28. The molecule has 0 bridgehead atoms. The van der Waals surface area contributed by atoms with E-state index in [4.69, 9.17) is 0 Å². The first-order chi connectivity index (χ1) is 19.9. The van der Waals surface area contributed by atoms with Crippen LogP contribution < -0.4 is 0 Å². The van der Waals surface area contributed by atoms with Crippen LogP contribution in [0.3, 0.4) is 0 Å². The molecule has 0 aromatic heterocycles. The third-order valence-corrected chi connectivity index (χ3v) is 8.21. The normalized spacial score (nSPS) is 11.9. The molecule has 0 atom stereocenters. The second-order valence-electron chi connectivity index (χ2n) is 10.5. The van der Waals surface area contributed by atoms with Gasteiger partial charge in [0.15, 0.2) is 0 Å². The minimum Gasteiger partial charge on any atom is -0.0622 e. The lowest BCUT2D eigenvalue weighted by Crippen LogP contribution is -1.93. The van der Waals surface area contributed by atoms with Gasteiger partial charge in [-0.25, -0.2) is 0 Å². The van der Waals surface area contributed by atoms with Crippen molar-refractivity contribution >= 4 is 33.7 Å². The summed E-state index contributed by atoms with van der Waals surface area (Å²) in [4.78, 5) is 0. The SMILES string of the molecule is C(=C\c1ccc2c3c(cccc13)-c1c-2c(-c2ccccc2)c2ccccc2c1-c1ccccc1)/c1ccccc1. The second kappa shape index (κ2) is 9.22. The van der Waals surface area contributed by atoms with Gasteiger partial charge < -0.3 is 0 Å². The van der Waals surface area contributed by atoms with Gasteiger partial charge in [0.2, 0.25) is 0 Å². The number of fused-ring (bicyclic) bond motifs is 4.